The number of aryl methyl sites for hydroxylation is 1. The van der Waals surface area contributed by atoms with Gasteiger partial charge in [0.15, 0.2) is 0 Å². The fourth-order valence-corrected chi connectivity index (χ4v) is 3.62. The van der Waals surface area contributed by atoms with Gasteiger partial charge in [-0.25, -0.2) is 13.1 Å². The van der Waals surface area contributed by atoms with Gasteiger partial charge in [-0.2, -0.15) is 0 Å². The molecule has 136 valence electrons. The molecular formula is C17H16ClN3O4S. The summed E-state index contributed by atoms with van der Waals surface area (Å²) in [4.78, 5) is 0.0157. The predicted octanol–water partition coefficient (Wildman–Crippen LogP) is 3.19. The van der Waals surface area contributed by atoms with E-state index in [1.54, 1.807) is 0 Å². The Kier molecular flexibility index (Phi) is 5.26. The molecule has 0 spiro atoms. The second-order valence-corrected chi connectivity index (χ2v) is 7.61. The lowest BCUT2D eigenvalue weighted by Gasteiger charge is -2.07. The van der Waals surface area contributed by atoms with Crippen LogP contribution in [0.5, 0.6) is 5.75 Å². The first kappa shape index (κ1) is 18.4. The fraction of sp³-hybridized carbons (Fsp3) is 0.176. The van der Waals surface area contributed by atoms with Gasteiger partial charge in [0.1, 0.15) is 5.75 Å². The molecule has 0 bridgehead atoms. The van der Waals surface area contributed by atoms with Crippen LogP contribution >= 0.6 is 11.6 Å². The minimum absolute atomic E-state index is 0.0157. The van der Waals surface area contributed by atoms with E-state index < -0.39 is 10.0 Å². The Morgan fingerprint density at radius 2 is 1.96 bits per heavy atom. The molecule has 1 heterocycles. The van der Waals surface area contributed by atoms with E-state index in [4.69, 9.17) is 20.8 Å². The van der Waals surface area contributed by atoms with Crippen molar-refractivity contribution >= 4 is 21.6 Å². The minimum atomic E-state index is -3.79. The van der Waals surface area contributed by atoms with Crippen LogP contribution in [-0.2, 0) is 16.6 Å². The number of ether oxygens (including phenoxy) is 1. The summed E-state index contributed by atoms with van der Waals surface area (Å²) < 4.78 is 37.8. The lowest BCUT2D eigenvalue weighted by Crippen LogP contribution is -2.23. The van der Waals surface area contributed by atoms with E-state index in [-0.39, 0.29) is 22.4 Å². The largest absolute Gasteiger partial charge is 0.495 e. The maximum absolute atomic E-state index is 12.4. The molecule has 0 saturated carbocycles. The first-order valence-electron chi connectivity index (χ1n) is 7.62. The Morgan fingerprint density at radius 3 is 2.65 bits per heavy atom. The first-order chi connectivity index (χ1) is 12.4. The van der Waals surface area contributed by atoms with E-state index in [2.05, 4.69) is 14.9 Å². The highest BCUT2D eigenvalue weighted by Gasteiger charge is 2.18. The second-order valence-electron chi connectivity index (χ2n) is 5.44. The van der Waals surface area contributed by atoms with E-state index in [1.807, 2.05) is 31.2 Å². The number of sulfonamides is 1. The van der Waals surface area contributed by atoms with E-state index in [1.165, 1.54) is 25.3 Å². The van der Waals surface area contributed by atoms with Crippen LogP contribution in [0.25, 0.3) is 11.5 Å². The van der Waals surface area contributed by atoms with Gasteiger partial charge >= 0.3 is 0 Å². The molecule has 0 fully saturated rings. The summed E-state index contributed by atoms with van der Waals surface area (Å²) in [6.45, 7) is 1.79. The molecule has 1 N–H and O–H groups in total. The smallest absolute Gasteiger partial charge is 0.248 e. The van der Waals surface area contributed by atoms with Gasteiger partial charge in [0.2, 0.25) is 21.8 Å². The van der Waals surface area contributed by atoms with E-state index in [9.17, 15) is 8.42 Å². The predicted molar refractivity (Wildman–Crippen MR) is 96.5 cm³/mol. The topological polar surface area (TPSA) is 94.3 Å². The van der Waals surface area contributed by atoms with Gasteiger partial charge in [0, 0.05) is 5.56 Å². The highest BCUT2D eigenvalue weighted by molar-refractivity contribution is 7.89. The van der Waals surface area contributed by atoms with Crippen LogP contribution in [0.3, 0.4) is 0 Å². The Balaban J connectivity index is 1.75. The third kappa shape index (κ3) is 3.87. The van der Waals surface area contributed by atoms with Gasteiger partial charge in [-0.05, 0) is 36.8 Å². The summed E-state index contributed by atoms with van der Waals surface area (Å²) in [6, 6.07) is 11.8. The van der Waals surface area contributed by atoms with Gasteiger partial charge in [-0.1, -0.05) is 29.8 Å². The molecule has 0 aliphatic carbocycles. The van der Waals surface area contributed by atoms with Crippen LogP contribution in [0.2, 0.25) is 5.02 Å². The van der Waals surface area contributed by atoms with Crippen molar-refractivity contribution in [3.63, 3.8) is 0 Å². The molecule has 0 aliphatic heterocycles. The number of methoxy groups -OCH3 is 1. The number of rotatable bonds is 6. The average molecular weight is 394 g/mol. The lowest BCUT2D eigenvalue weighted by atomic mass is 10.1. The molecule has 0 unspecified atom stereocenters. The number of nitrogens with one attached hydrogen (secondary N) is 1. The summed E-state index contributed by atoms with van der Waals surface area (Å²) in [6.07, 6.45) is 0. The van der Waals surface area contributed by atoms with Crippen molar-refractivity contribution in [2.75, 3.05) is 7.11 Å². The van der Waals surface area contributed by atoms with Gasteiger partial charge in [0.25, 0.3) is 0 Å². The Morgan fingerprint density at radius 1 is 1.19 bits per heavy atom. The van der Waals surface area contributed by atoms with E-state index in [0.29, 0.717) is 11.6 Å². The maximum Gasteiger partial charge on any atom is 0.248 e. The number of nitrogens with zero attached hydrogens (tertiary/aromatic N) is 2. The zero-order chi connectivity index (χ0) is 18.7. The third-order valence-electron chi connectivity index (χ3n) is 3.69. The monoisotopic (exact) mass is 393 g/mol. The summed E-state index contributed by atoms with van der Waals surface area (Å²) in [5.41, 5.74) is 1.78. The third-order valence-corrected chi connectivity index (χ3v) is 5.38. The Labute approximate surface area is 156 Å². The second kappa shape index (κ2) is 7.45. The summed E-state index contributed by atoms with van der Waals surface area (Å²) in [7, 11) is -2.33. The van der Waals surface area contributed by atoms with Crippen LogP contribution in [0.4, 0.5) is 0 Å². The van der Waals surface area contributed by atoms with Crippen LogP contribution in [0, 0.1) is 6.92 Å². The van der Waals surface area contributed by atoms with Crippen molar-refractivity contribution < 1.29 is 17.6 Å². The van der Waals surface area contributed by atoms with Crippen LogP contribution in [-0.4, -0.2) is 25.7 Å². The first-order valence-corrected chi connectivity index (χ1v) is 9.48. The van der Waals surface area contributed by atoms with Gasteiger partial charge in [0.05, 0.1) is 23.6 Å². The molecular weight excluding hydrogens is 378 g/mol. The van der Waals surface area contributed by atoms with Crippen molar-refractivity contribution in [1.29, 1.82) is 0 Å². The van der Waals surface area contributed by atoms with Crippen molar-refractivity contribution in [2.45, 2.75) is 18.4 Å². The summed E-state index contributed by atoms with van der Waals surface area (Å²) in [5, 5.41) is 8.06. The van der Waals surface area contributed by atoms with Crippen LogP contribution in [0.1, 0.15) is 11.5 Å². The van der Waals surface area contributed by atoms with Crippen molar-refractivity contribution in [1.82, 2.24) is 14.9 Å². The van der Waals surface area contributed by atoms with Gasteiger partial charge in [-0.3, -0.25) is 0 Å². The Hall–Kier alpha value is -2.42. The summed E-state index contributed by atoms with van der Waals surface area (Å²) in [5.74, 6) is 0.890. The molecule has 3 rings (SSSR count). The SMILES string of the molecule is COc1ccc(S(=O)(=O)NCc2nnc(-c3ccccc3C)o2)cc1Cl. The number of halogens is 1. The fourth-order valence-electron chi connectivity index (χ4n) is 2.30. The zero-order valence-corrected chi connectivity index (χ0v) is 15.6. The van der Waals surface area contributed by atoms with E-state index >= 15 is 0 Å². The molecule has 0 amide bonds. The molecule has 7 nitrogen and oxygen atoms in total. The van der Waals surface area contributed by atoms with Gasteiger partial charge in [-0.15, -0.1) is 10.2 Å². The van der Waals surface area contributed by atoms with Gasteiger partial charge < -0.3 is 9.15 Å². The standard InChI is InChI=1S/C17H16ClN3O4S/c1-11-5-3-4-6-13(11)17-21-20-16(25-17)10-19-26(22,23)12-7-8-15(24-2)14(18)9-12/h3-9,19H,10H2,1-2H3. The number of aromatic nitrogens is 2. The molecule has 2 aromatic carbocycles. The molecule has 0 atom stereocenters. The van der Waals surface area contributed by atoms with Crippen molar-refractivity contribution in [3.8, 4) is 17.2 Å². The van der Waals surface area contributed by atoms with Crippen LogP contribution in [0.15, 0.2) is 51.8 Å². The van der Waals surface area contributed by atoms with E-state index in [0.717, 1.165) is 11.1 Å². The zero-order valence-electron chi connectivity index (χ0n) is 14.1. The molecule has 1 aromatic heterocycles. The van der Waals surface area contributed by atoms with Crippen molar-refractivity contribution in [2.24, 2.45) is 0 Å². The number of benzene rings is 2. The van der Waals surface area contributed by atoms with Crippen LogP contribution < -0.4 is 9.46 Å². The molecule has 0 aliphatic rings. The maximum atomic E-state index is 12.4. The number of hydrogen-bond acceptors (Lipinski definition) is 6. The molecule has 0 saturated heterocycles. The minimum Gasteiger partial charge on any atom is -0.495 e. The highest BCUT2D eigenvalue weighted by atomic mass is 35.5. The quantitative estimate of drug-likeness (QED) is 0.691. The summed E-state index contributed by atoms with van der Waals surface area (Å²) >= 11 is 5.98. The normalized spacial score (nSPS) is 11.5. The average Bonchev–Trinajstić information content (AvgIpc) is 3.09. The molecule has 26 heavy (non-hydrogen) atoms. The lowest BCUT2D eigenvalue weighted by molar-refractivity contribution is 0.414. The molecule has 0 radical (unpaired) electrons. The van der Waals surface area contributed by atoms with Crippen molar-refractivity contribution in [3.05, 3.63) is 58.9 Å². The highest BCUT2D eigenvalue weighted by Crippen LogP contribution is 2.27. The number of hydrogen-bond donors (Lipinski definition) is 1. The molecule has 9 heteroatoms. The Bertz CT molecular complexity index is 1030. The molecule has 3 aromatic rings.